The average Bonchev–Trinajstić information content (AvgIpc) is 2.01. The third kappa shape index (κ3) is 2.60. The molecule has 0 aromatic heterocycles. The first-order chi connectivity index (χ1) is 5.79. The van der Waals surface area contributed by atoms with Gasteiger partial charge in [0.05, 0.1) is 6.61 Å². The average molecular weight is 212 g/mol. The van der Waals surface area contributed by atoms with E-state index >= 15 is 0 Å². The van der Waals surface area contributed by atoms with E-state index in [2.05, 4.69) is 6.58 Å². The Kier molecular flexibility index (Phi) is 4.25. The second-order valence-corrected chi connectivity index (χ2v) is 4.48. The van der Waals surface area contributed by atoms with Gasteiger partial charge < -0.3 is 25.1 Å². The van der Waals surface area contributed by atoms with Crippen LogP contribution < -0.4 is 0 Å². The van der Waals surface area contributed by atoms with Crippen molar-refractivity contribution >= 4 is 7.60 Å². The van der Waals surface area contributed by atoms with Gasteiger partial charge in [0.15, 0.2) is 5.34 Å². The van der Waals surface area contributed by atoms with E-state index in [1.807, 2.05) is 0 Å². The zero-order valence-corrected chi connectivity index (χ0v) is 7.76. The predicted molar refractivity (Wildman–Crippen MR) is 44.9 cm³/mol. The van der Waals surface area contributed by atoms with Gasteiger partial charge in [-0.25, -0.2) is 0 Å². The maximum absolute atomic E-state index is 10.8. The minimum Gasteiger partial charge on any atom is -0.394 e. The van der Waals surface area contributed by atoms with Gasteiger partial charge in [-0.05, 0) is 0 Å². The van der Waals surface area contributed by atoms with E-state index in [9.17, 15) is 9.67 Å². The minimum atomic E-state index is -4.90. The smallest absolute Gasteiger partial charge is 0.359 e. The van der Waals surface area contributed by atoms with Crippen LogP contribution in [0, 0.1) is 0 Å². The van der Waals surface area contributed by atoms with Crippen molar-refractivity contribution in [3.05, 3.63) is 12.7 Å². The minimum absolute atomic E-state index is 0.501. The summed E-state index contributed by atoms with van der Waals surface area (Å²) in [6, 6.07) is 0. The summed E-state index contributed by atoms with van der Waals surface area (Å²) in [6.45, 7) is 2.24. The molecule has 2 unspecified atom stereocenters. The highest BCUT2D eigenvalue weighted by molar-refractivity contribution is 7.53. The van der Waals surface area contributed by atoms with Gasteiger partial charge >= 0.3 is 7.60 Å². The Labute approximate surface area is 75.3 Å². The maximum Gasteiger partial charge on any atom is 0.359 e. The normalized spacial score (nSPS) is 19.2. The summed E-state index contributed by atoms with van der Waals surface area (Å²) < 4.78 is 10.8. The van der Waals surface area contributed by atoms with Crippen molar-refractivity contribution in [1.29, 1.82) is 0 Å². The molecule has 0 spiro atoms. The number of hydrogen-bond acceptors (Lipinski definition) is 4. The molecule has 0 aliphatic rings. The van der Waals surface area contributed by atoms with Gasteiger partial charge in [-0.2, -0.15) is 0 Å². The van der Waals surface area contributed by atoms with Crippen LogP contribution in [0.5, 0.6) is 0 Å². The predicted octanol–water partition coefficient (Wildman–Crippen LogP) is -1.22. The van der Waals surface area contributed by atoms with Gasteiger partial charge in [0.2, 0.25) is 0 Å². The van der Waals surface area contributed by atoms with Gasteiger partial charge in [0.25, 0.3) is 0 Å². The van der Waals surface area contributed by atoms with Crippen molar-refractivity contribution in [2.24, 2.45) is 0 Å². The SMILES string of the molecule is C=CCC(O)(C(O)CO)P(=O)(O)O. The van der Waals surface area contributed by atoms with Crippen molar-refractivity contribution in [2.75, 3.05) is 6.61 Å². The molecule has 0 aromatic carbocycles. The molecule has 0 aliphatic carbocycles. The van der Waals surface area contributed by atoms with Crippen LogP contribution in [0.1, 0.15) is 6.42 Å². The fourth-order valence-corrected chi connectivity index (χ4v) is 1.64. The van der Waals surface area contributed by atoms with Crippen molar-refractivity contribution < 1.29 is 29.7 Å². The van der Waals surface area contributed by atoms with Crippen LogP contribution in [0.2, 0.25) is 0 Å². The second kappa shape index (κ2) is 4.32. The summed E-state index contributed by atoms with van der Waals surface area (Å²) in [5, 5.41) is 24.2. The largest absolute Gasteiger partial charge is 0.394 e. The van der Waals surface area contributed by atoms with Crippen LogP contribution in [0.25, 0.3) is 0 Å². The molecule has 5 N–H and O–H groups in total. The molecule has 13 heavy (non-hydrogen) atoms. The zero-order valence-electron chi connectivity index (χ0n) is 6.87. The van der Waals surface area contributed by atoms with Crippen LogP contribution in [-0.2, 0) is 4.57 Å². The summed E-state index contributed by atoms with van der Waals surface area (Å²) in [6.07, 6.45) is -1.34. The van der Waals surface area contributed by atoms with E-state index in [-0.39, 0.29) is 0 Å². The fraction of sp³-hybridized carbons (Fsp3) is 0.667. The number of aliphatic hydroxyl groups is 3. The van der Waals surface area contributed by atoms with Gasteiger partial charge in [-0.15, -0.1) is 6.58 Å². The highest BCUT2D eigenvalue weighted by Gasteiger charge is 2.49. The van der Waals surface area contributed by atoms with E-state index in [0.717, 1.165) is 6.08 Å². The van der Waals surface area contributed by atoms with Crippen molar-refractivity contribution in [2.45, 2.75) is 17.9 Å². The molecule has 6 nitrogen and oxygen atoms in total. The van der Waals surface area contributed by atoms with Crippen molar-refractivity contribution in [3.8, 4) is 0 Å². The lowest BCUT2D eigenvalue weighted by Crippen LogP contribution is -2.43. The molecule has 0 saturated carbocycles. The molecular formula is C6H13O6P. The number of hydrogen-bond donors (Lipinski definition) is 5. The highest BCUT2D eigenvalue weighted by atomic mass is 31.2. The molecule has 0 amide bonds. The Morgan fingerprint density at radius 1 is 1.54 bits per heavy atom. The van der Waals surface area contributed by atoms with Gasteiger partial charge in [-0.1, -0.05) is 6.08 Å². The third-order valence-electron chi connectivity index (χ3n) is 1.66. The van der Waals surface area contributed by atoms with Crippen LogP contribution >= 0.6 is 7.60 Å². The molecule has 0 bridgehead atoms. The summed E-state index contributed by atoms with van der Waals surface area (Å²) in [4.78, 5) is 17.4. The second-order valence-electron chi connectivity index (χ2n) is 2.61. The first-order valence-corrected chi connectivity index (χ1v) is 5.08. The van der Waals surface area contributed by atoms with E-state index in [4.69, 9.17) is 20.0 Å². The molecule has 2 atom stereocenters. The molecule has 0 radical (unpaired) electrons. The lowest BCUT2D eigenvalue weighted by Gasteiger charge is -2.31. The summed E-state index contributed by atoms with van der Waals surface area (Å²) in [7, 11) is -4.90. The molecule has 0 rings (SSSR count). The van der Waals surface area contributed by atoms with Gasteiger partial charge in [-0.3, -0.25) is 4.57 Å². The van der Waals surface area contributed by atoms with Crippen molar-refractivity contribution in [3.63, 3.8) is 0 Å². The maximum atomic E-state index is 10.8. The Bertz CT molecular complexity index is 223. The highest BCUT2D eigenvalue weighted by Crippen LogP contribution is 2.52. The van der Waals surface area contributed by atoms with Gasteiger partial charge in [0, 0.05) is 6.42 Å². The molecule has 0 aromatic rings. The topological polar surface area (TPSA) is 118 Å². The Hall–Kier alpha value is -0.230. The standard InChI is InChI=1S/C6H13O6P/c1-2-3-6(9,5(8)4-7)13(10,11)12/h2,5,7-9H,1,3-4H2,(H2,10,11,12). The molecule has 78 valence electrons. The summed E-state index contributed by atoms with van der Waals surface area (Å²) in [5.41, 5.74) is 0. The molecule has 0 aliphatic heterocycles. The van der Waals surface area contributed by atoms with E-state index < -0.39 is 32.1 Å². The van der Waals surface area contributed by atoms with E-state index in [0.29, 0.717) is 0 Å². The lowest BCUT2D eigenvalue weighted by molar-refractivity contribution is -0.0533. The monoisotopic (exact) mass is 212 g/mol. The van der Waals surface area contributed by atoms with Crippen molar-refractivity contribution in [1.82, 2.24) is 0 Å². The Balaban J connectivity index is 4.94. The van der Waals surface area contributed by atoms with Gasteiger partial charge in [0.1, 0.15) is 6.10 Å². The van der Waals surface area contributed by atoms with E-state index in [1.54, 1.807) is 0 Å². The van der Waals surface area contributed by atoms with Crippen LogP contribution in [0.4, 0.5) is 0 Å². The molecule has 0 fully saturated rings. The molecular weight excluding hydrogens is 199 g/mol. The molecule has 0 saturated heterocycles. The first kappa shape index (κ1) is 12.8. The third-order valence-corrected chi connectivity index (χ3v) is 3.15. The Morgan fingerprint density at radius 2 is 2.00 bits per heavy atom. The lowest BCUT2D eigenvalue weighted by atomic mass is 10.1. The van der Waals surface area contributed by atoms with Crippen LogP contribution in [0.15, 0.2) is 12.7 Å². The molecule has 0 heterocycles. The Morgan fingerprint density at radius 3 is 2.23 bits per heavy atom. The zero-order chi connectivity index (χ0) is 10.7. The fourth-order valence-electron chi connectivity index (χ4n) is 0.808. The summed E-state index contributed by atoms with van der Waals surface area (Å²) in [5.74, 6) is 0. The number of rotatable bonds is 5. The van der Waals surface area contributed by atoms with E-state index in [1.165, 1.54) is 0 Å². The van der Waals surface area contributed by atoms with Crippen LogP contribution in [-0.4, -0.2) is 43.2 Å². The first-order valence-electron chi connectivity index (χ1n) is 3.47. The van der Waals surface area contributed by atoms with Crippen LogP contribution in [0.3, 0.4) is 0 Å². The molecule has 7 heteroatoms. The summed E-state index contributed by atoms with van der Waals surface area (Å²) >= 11 is 0. The quantitative estimate of drug-likeness (QED) is 0.288. The number of aliphatic hydroxyl groups excluding tert-OH is 2.